The van der Waals surface area contributed by atoms with Crippen LogP contribution in [0.25, 0.3) is 0 Å². The van der Waals surface area contributed by atoms with Crippen molar-refractivity contribution in [1.82, 2.24) is 5.32 Å². The molecule has 0 amide bonds. The van der Waals surface area contributed by atoms with E-state index < -0.39 is 0 Å². The van der Waals surface area contributed by atoms with Crippen LogP contribution in [0.3, 0.4) is 0 Å². The molecule has 0 aromatic heterocycles. The maximum atomic E-state index is 5.73. The maximum Gasteiger partial charge on any atom is 0.0302 e. The van der Waals surface area contributed by atoms with Gasteiger partial charge >= 0.3 is 0 Å². The van der Waals surface area contributed by atoms with E-state index in [0.29, 0.717) is 16.8 Å². The summed E-state index contributed by atoms with van der Waals surface area (Å²) in [5.41, 5.74) is 5.73. The lowest BCUT2D eigenvalue weighted by Gasteiger charge is -2.48. The van der Waals surface area contributed by atoms with Crippen LogP contribution in [-0.4, -0.2) is 28.6 Å². The van der Waals surface area contributed by atoms with Gasteiger partial charge in [-0.15, -0.1) is 0 Å². The first-order chi connectivity index (χ1) is 5.58. The highest BCUT2D eigenvalue weighted by atomic mass is 32.2. The third-order valence-corrected chi connectivity index (χ3v) is 4.60. The molecule has 1 unspecified atom stereocenters. The van der Waals surface area contributed by atoms with Crippen LogP contribution in [-0.2, 0) is 0 Å². The van der Waals surface area contributed by atoms with Crippen LogP contribution in [0.15, 0.2) is 0 Å². The first kappa shape index (κ1) is 8.85. The Morgan fingerprint density at radius 1 is 1.42 bits per heavy atom. The second kappa shape index (κ2) is 2.89. The van der Waals surface area contributed by atoms with Crippen molar-refractivity contribution in [2.45, 2.75) is 49.6 Å². The summed E-state index contributed by atoms with van der Waals surface area (Å²) in [6.45, 7) is 4.63. The van der Waals surface area contributed by atoms with E-state index in [1.54, 1.807) is 0 Å². The van der Waals surface area contributed by atoms with Crippen LogP contribution in [0.5, 0.6) is 0 Å². The Labute approximate surface area is 78.7 Å². The molecule has 1 atom stereocenters. The van der Waals surface area contributed by atoms with Crippen molar-refractivity contribution in [3.8, 4) is 0 Å². The van der Waals surface area contributed by atoms with Gasteiger partial charge in [0.1, 0.15) is 0 Å². The molecule has 12 heavy (non-hydrogen) atoms. The SMILES string of the molecule is CC1(C)SCC1NC1CC(N)C1. The predicted octanol–water partition coefficient (Wildman–Crippen LogP) is 0.960. The van der Waals surface area contributed by atoms with Gasteiger partial charge in [-0.1, -0.05) is 0 Å². The summed E-state index contributed by atoms with van der Waals surface area (Å²) < 4.78 is 0.458. The Hall–Kier alpha value is 0.270. The van der Waals surface area contributed by atoms with E-state index in [-0.39, 0.29) is 0 Å². The monoisotopic (exact) mass is 186 g/mol. The van der Waals surface area contributed by atoms with E-state index in [0.717, 1.165) is 6.04 Å². The van der Waals surface area contributed by atoms with Gasteiger partial charge in [-0.3, -0.25) is 0 Å². The maximum absolute atomic E-state index is 5.73. The number of thioether (sulfide) groups is 1. The van der Waals surface area contributed by atoms with Gasteiger partial charge in [-0.05, 0) is 26.7 Å². The van der Waals surface area contributed by atoms with E-state index in [9.17, 15) is 0 Å². The van der Waals surface area contributed by atoms with Gasteiger partial charge in [0.15, 0.2) is 0 Å². The fourth-order valence-electron chi connectivity index (χ4n) is 1.83. The van der Waals surface area contributed by atoms with Crippen molar-refractivity contribution >= 4 is 11.8 Å². The van der Waals surface area contributed by atoms with Crippen LogP contribution >= 0.6 is 11.8 Å². The molecule has 0 aromatic carbocycles. The van der Waals surface area contributed by atoms with Crippen molar-refractivity contribution in [2.24, 2.45) is 5.73 Å². The minimum absolute atomic E-state index is 0.458. The highest BCUT2D eigenvalue weighted by Crippen LogP contribution is 2.40. The molecule has 1 heterocycles. The van der Waals surface area contributed by atoms with E-state index in [1.165, 1.54) is 18.6 Å². The standard InChI is InChI=1S/C9H18N2S/c1-9(2)8(5-12-9)11-7-3-6(10)4-7/h6-8,11H,3-5,10H2,1-2H3. The highest BCUT2D eigenvalue weighted by molar-refractivity contribution is 8.02. The predicted molar refractivity (Wildman–Crippen MR) is 54.5 cm³/mol. The highest BCUT2D eigenvalue weighted by Gasteiger charge is 2.41. The minimum atomic E-state index is 0.458. The van der Waals surface area contributed by atoms with Gasteiger partial charge in [0.05, 0.1) is 0 Å². The van der Waals surface area contributed by atoms with Gasteiger partial charge in [0, 0.05) is 28.6 Å². The quantitative estimate of drug-likeness (QED) is 0.674. The van der Waals surface area contributed by atoms with E-state index in [2.05, 4.69) is 30.9 Å². The van der Waals surface area contributed by atoms with Crippen LogP contribution < -0.4 is 11.1 Å². The minimum Gasteiger partial charge on any atom is -0.328 e. The zero-order valence-electron chi connectivity index (χ0n) is 7.84. The topological polar surface area (TPSA) is 38.0 Å². The van der Waals surface area contributed by atoms with E-state index in [1.807, 2.05) is 0 Å². The lowest BCUT2D eigenvalue weighted by molar-refractivity contribution is 0.252. The summed E-state index contributed by atoms with van der Waals surface area (Å²) in [5, 5.41) is 3.67. The lowest BCUT2D eigenvalue weighted by atomic mass is 9.86. The van der Waals surface area contributed by atoms with Crippen molar-refractivity contribution in [2.75, 3.05) is 5.75 Å². The number of hydrogen-bond acceptors (Lipinski definition) is 3. The molecule has 0 spiro atoms. The molecule has 0 radical (unpaired) electrons. The largest absolute Gasteiger partial charge is 0.328 e. The molecule has 70 valence electrons. The Kier molecular flexibility index (Phi) is 2.13. The molecule has 1 aliphatic carbocycles. The normalized spacial score (nSPS) is 44.8. The molecule has 3 heteroatoms. The van der Waals surface area contributed by atoms with Gasteiger partial charge in [-0.2, -0.15) is 11.8 Å². The van der Waals surface area contributed by atoms with Crippen molar-refractivity contribution in [1.29, 1.82) is 0 Å². The fraction of sp³-hybridized carbons (Fsp3) is 1.00. The van der Waals surface area contributed by atoms with Crippen molar-refractivity contribution < 1.29 is 0 Å². The molecule has 2 rings (SSSR count). The third-order valence-electron chi connectivity index (χ3n) is 3.07. The number of nitrogens with two attached hydrogens (primary N) is 1. The second-order valence-corrected chi connectivity index (χ2v) is 6.24. The Morgan fingerprint density at radius 3 is 2.42 bits per heavy atom. The molecule has 1 saturated carbocycles. The van der Waals surface area contributed by atoms with Gasteiger partial charge < -0.3 is 11.1 Å². The number of hydrogen-bond donors (Lipinski definition) is 2. The molecular formula is C9H18N2S. The summed E-state index contributed by atoms with van der Waals surface area (Å²) in [4.78, 5) is 0. The molecule has 0 aromatic rings. The number of rotatable bonds is 2. The molecule has 2 aliphatic rings. The molecule has 3 N–H and O–H groups in total. The Bertz CT molecular complexity index is 175. The Morgan fingerprint density at radius 2 is 2.08 bits per heavy atom. The summed E-state index contributed by atoms with van der Waals surface area (Å²) in [6, 6.07) is 1.91. The zero-order valence-corrected chi connectivity index (χ0v) is 8.66. The molecule has 1 saturated heterocycles. The molecule has 0 bridgehead atoms. The zero-order chi connectivity index (χ0) is 8.77. The average molecular weight is 186 g/mol. The van der Waals surface area contributed by atoms with Crippen molar-refractivity contribution in [3.05, 3.63) is 0 Å². The molecule has 1 aliphatic heterocycles. The first-order valence-corrected chi connectivity index (χ1v) is 5.72. The van der Waals surface area contributed by atoms with Gasteiger partial charge in [0.2, 0.25) is 0 Å². The first-order valence-electron chi connectivity index (χ1n) is 4.73. The second-order valence-electron chi connectivity index (χ2n) is 4.56. The van der Waals surface area contributed by atoms with Crippen molar-refractivity contribution in [3.63, 3.8) is 0 Å². The van der Waals surface area contributed by atoms with Gasteiger partial charge in [-0.25, -0.2) is 0 Å². The lowest BCUT2D eigenvalue weighted by Crippen LogP contribution is -2.61. The van der Waals surface area contributed by atoms with Crippen LogP contribution in [0.4, 0.5) is 0 Å². The van der Waals surface area contributed by atoms with E-state index in [4.69, 9.17) is 5.73 Å². The van der Waals surface area contributed by atoms with Gasteiger partial charge in [0.25, 0.3) is 0 Å². The smallest absolute Gasteiger partial charge is 0.0302 e. The summed E-state index contributed by atoms with van der Waals surface area (Å²) >= 11 is 2.05. The molecule has 2 fully saturated rings. The van der Waals surface area contributed by atoms with Crippen LogP contribution in [0.2, 0.25) is 0 Å². The molecule has 2 nitrogen and oxygen atoms in total. The van der Waals surface area contributed by atoms with Crippen LogP contribution in [0, 0.1) is 0 Å². The summed E-state index contributed by atoms with van der Waals surface area (Å²) in [6.07, 6.45) is 2.36. The number of nitrogens with one attached hydrogen (secondary N) is 1. The summed E-state index contributed by atoms with van der Waals surface area (Å²) in [7, 11) is 0. The fourth-order valence-corrected chi connectivity index (χ4v) is 3.00. The Balaban J connectivity index is 1.74. The van der Waals surface area contributed by atoms with Crippen LogP contribution in [0.1, 0.15) is 26.7 Å². The average Bonchev–Trinajstić information content (AvgIpc) is 1.93. The summed E-state index contributed by atoms with van der Waals surface area (Å²) in [5.74, 6) is 1.28. The van der Waals surface area contributed by atoms with E-state index >= 15 is 0 Å². The molecular weight excluding hydrogens is 168 g/mol. The third kappa shape index (κ3) is 1.50.